The number of likely N-dealkylation sites (N-methyl/N-ethyl adjacent to an activating group) is 1. The summed E-state index contributed by atoms with van der Waals surface area (Å²) >= 11 is 0. The molecule has 0 saturated heterocycles. The number of hydrogen-bond acceptors (Lipinski definition) is 4. The number of nitrogens with zero attached hydrogens (tertiary/aromatic N) is 4. The van der Waals surface area contributed by atoms with Crippen LogP contribution in [0.2, 0.25) is 0 Å². The number of hydrogen-bond donors (Lipinski definition) is 2. The maximum atomic E-state index is 11.6. The SMILES string of the molecule is CCNC(=O)COc1cccc(CN=C(NCC)N(C)Cc2cn(C)nc2C(C)C)c1. The second-order valence-electron chi connectivity index (χ2n) is 7.78. The molecule has 0 spiro atoms. The van der Waals surface area contributed by atoms with Gasteiger partial charge >= 0.3 is 0 Å². The molecule has 1 heterocycles. The molecule has 0 radical (unpaired) electrons. The molecule has 1 aromatic carbocycles. The Morgan fingerprint density at radius 2 is 2.00 bits per heavy atom. The minimum atomic E-state index is -0.127. The topological polar surface area (TPSA) is 83.8 Å². The molecule has 1 aromatic heterocycles. The number of guanidine groups is 1. The summed E-state index contributed by atoms with van der Waals surface area (Å²) < 4.78 is 7.45. The van der Waals surface area contributed by atoms with Crippen molar-refractivity contribution in [3.63, 3.8) is 0 Å². The van der Waals surface area contributed by atoms with E-state index in [0.29, 0.717) is 24.8 Å². The summed E-state index contributed by atoms with van der Waals surface area (Å²) in [6.45, 7) is 10.9. The summed E-state index contributed by atoms with van der Waals surface area (Å²) in [5, 5.41) is 10.7. The third-order valence-corrected chi connectivity index (χ3v) is 4.64. The highest BCUT2D eigenvalue weighted by Crippen LogP contribution is 2.19. The number of carbonyl (C=O) groups is 1. The monoisotopic (exact) mass is 428 g/mol. The number of carbonyl (C=O) groups excluding carboxylic acids is 1. The van der Waals surface area contributed by atoms with Crippen molar-refractivity contribution in [1.29, 1.82) is 0 Å². The molecule has 2 rings (SSSR count). The van der Waals surface area contributed by atoms with Gasteiger partial charge in [-0.15, -0.1) is 0 Å². The molecule has 0 aliphatic carbocycles. The molecular weight excluding hydrogens is 392 g/mol. The van der Waals surface area contributed by atoms with E-state index in [-0.39, 0.29) is 12.5 Å². The first-order valence-corrected chi connectivity index (χ1v) is 10.8. The summed E-state index contributed by atoms with van der Waals surface area (Å²) in [4.78, 5) is 18.5. The van der Waals surface area contributed by atoms with Crippen molar-refractivity contribution in [2.45, 2.75) is 46.7 Å². The fourth-order valence-corrected chi connectivity index (χ4v) is 3.26. The Labute approximate surface area is 185 Å². The van der Waals surface area contributed by atoms with Gasteiger partial charge in [0.2, 0.25) is 0 Å². The predicted molar refractivity (Wildman–Crippen MR) is 124 cm³/mol. The second kappa shape index (κ2) is 12.0. The lowest BCUT2D eigenvalue weighted by molar-refractivity contribution is -0.122. The normalized spacial score (nSPS) is 11.5. The fraction of sp³-hybridized carbons (Fsp3) is 0.522. The van der Waals surface area contributed by atoms with Crippen molar-refractivity contribution in [1.82, 2.24) is 25.3 Å². The van der Waals surface area contributed by atoms with Gasteiger partial charge in [0.1, 0.15) is 5.75 Å². The molecule has 31 heavy (non-hydrogen) atoms. The van der Waals surface area contributed by atoms with Crippen molar-refractivity contribution >= 4 is 11.9 Å². The summed E-state index contributed by atoms with van der Waals surface area (Å²) in [5.74, 6) is 1.73. The van der Waals surface area contributed by atoms with Gasteiger partial charge in [0, 0.05) is 45.5 Å². The van der Waals surface area contributed by atoms with Crippen molar-refractivity contribution < 1.29 is 9.53 Å². The Hall–Kier alpha value is -3.03. The standard InChI is InChI=1S/C23H36N6O2/c1-7-24-21(30)16-31-20-11-9-10-18(12-20)13-26-23(25-8-2)28(5)14-19-15-29(6)27-22(19)17(3)4/h9-12,15,17H,7-8,13-14,16H2,1-6H3,(H,24,30)(H,25,26). The van der Waals surface area contributed by atoms with Gasteiger partial charge in [0.25, 0.3) is 5.91 Å². The number of amides is 1. The summed E-state index contributed by atoms with van der Waals surface area (Å²) in [5.41, 5.74) is 3.33. The van der Waals surface area contributed by atoms with Crippen LogP contribution in [-0.2, 0) is 24.9 Å². The average Bonchev–Trinajstić information content (AvgIpc) is 3.10. The number of ether oxygens (including phenoxy) is 1. The van der Waals surface area contributed by atoms with E-state index in [9.17, 15) is 4.79 Å². The molecule has 8 heteroatoms. The van der Waals surface area contributed by atoms with Gasteiger partial charge in [0.15, 0.2) is 12.6 Å². The highest BCUT2D eigenvalue weighted by Gasteiger charge is 2.15. The number of aromatic nitrogens is 2. The lowest BCUT2D eigenvalue weighted by Crippen LogP contribution is -2.38. The molecule has 0 atom stereocenters. The molecule has 0 fully saturated rings. The second-order valence-corrected chi connectivity index (χ2v) is 7.78. The quantitative estimate of drug-likeness (QED) is 0.449. The Morgan fingerprint density at radius 3 is 2.68 bits per heavy atom. The fourth-order valence-electron chi connectivity index (χ4n) is 3.26. The Bertz CT molecular complexity index is 875. The summed E-state index contributed by atoms with van der Waals surface area (Å²) in [6.07, 6.45) is 2.07. The van der Waals surface area contributed by atoms with E-state index in [1.807, 2.05) is 50.0 Å². The van der Waals surface area contributed by atoms with Gasteiger partial charge in [-0.3, -0.25) is 9.48 Å². The lowest BCUT2D eigenvalue weighted by Gasteiger charge is -2.22. The van der Waals surface area contributed by atoms with Gasteiger partial charge in [-0.25, -0.2) is 4.99 Å². The van der Waals surface area contributed by atoms with Crippen molar-refractivity contribution in [2.24, 2.45) is 12.0 Å². The zero-order chi connectivity index (χ0) is 22.8. The molecule has 0 unspecified atom stereocenters. The Kier molecular flexibility index (Phi) is 9.37. The molecule has 2 aromatic rings. The number of aliphatic imine (C=N–C) groups is 1. The summed E-state index contributed by atoms with van der Waals surface area (Å²) in [6, 6.07) is 7.69. The average molecular weight is 429 g/mol. The minimum absolute atomic E-state index is 0.00916. The zero-order valence-electron chi connectivity index (χ0n) is 19.6. The highest BCUT2D eigenvalue weighted by molar-refractivity contribution is 5.79. The Balaban J connectivity index is 2.07. The maximum Gasteiger partial charge on any atom is 0.257 e. The van der Waals surface area contributed by atoms with Crippen LogP contribution in [0.4, 0.5) is 0 Å². The molecule has 0 bridgehead atoms. The van der Waals surface area contributed by atoms with Crippen molar-refractivity contribution in [2.75, 3.05) is 26.7 Å². The van der Waals surface area contributed by atoms with Gasteiger partial charge in [-0.2, -0.15) is 5.10 Å². The number of nitrogens with one attached hydrogen (secondary N) is 2. The van der Waals surface area contributed by atoms with Crippen LogP contribution in [0.15, 0.2) is 35.5 Å². The van der Waals surface area contributed by atoms with Crippen LogP contribution in [0.25, 0.3) is 0 Å². The molecule has 1 amide bonds. The molecule has 170 valence electrons. The lowest BCUT2D eigenvalue weighted by atomic mass is 10.1. The predicted octanol–water partition coefficient (Wildman–Crippen LogP) is 2.66. The van der Waals surface area contributed by atoms with E-state index in [1.165, 1.54) is 5.56 Å². The van der Waals surface area contributed by atoms with Crippen LogP contribution < -0.4 is 15.4 Å². The Morgan fingerprint density at radius 1 is 1.26 bits per heavy atom. The van der Waals surface area contributed by atoms with Crippen molar-refractivity contribution in [3.8, 4) is 5.75 Å². The van der Waals surface area contributed by atoms with Gasteiger partial charge in [-0.1, -0.05) is 26.0 Å². The smallest absolute Gasteiger partial charge is 0.257 e. The first-order valence-electron chi connectivity index (χ1n) is 10.8. The van der Waals surface area contributed by atoms with Gasteiger partial charge in [-0.05, 0) is 37.5 Å². The van der Waals surface area contributed by atoms with E-state index in [2.05, 4.69) is 47.6 Å². The minimum Gasteiger partial charge on any atom is -0.484 e. The first-order chi connectivity index (χ1) is 14.8. The third kappa shape index (κ3) is 7.62. The van der Waals surface area contributed by atoms with Crippen LogP contribution in [0.3, 0.4) is 0 Å². The molecule has 8 nitrogen and oxygen atoms in total. The van der Waals surface area contributed by atoms with Crippen molar-refractivity contribution in [3.05, 3.63) is 47.3 Å². The van der Waals surface area contributed by atoms with Crippen LogP contribution in [0.5, 0.6) is 5.75 Å². The maximum absolute atomic E-state index is 11.6. The molecule has 0 saturated carbocycles. The summed E-state index contributed by atoms with van der Waals surface area (Å²) in [7, 11) is 3.99. The van der Waals surface area contributed by atoms with Crippen LogP contribution >= 0.6 is 0 Å². The first kappa shape index (κ1) is 24.2. The zero-order valence-corrected chi connectivity index (χ0v) is 19.6. The van der Waals surface area contributed by atoms with Crippen LogP contribution in [0, 0.1) is 0 Å². The van der Waals surface area contributed by atoms with Gasteiger partial charge in [0.05, 0.1) is 12.2 Å². The van der Waals surface area contributed by atoms with Crippen LogP contribution in [0.1, 0.15) is 50.4 Å². The third-order valence-electron chi connectivity index (χ3n) is 4.64. The number of benzene rings is 1. The number of aryl methyl sites for hydroxylation is 1. The van der Waals surface area contributed by atoms with Crippen LogP contribution in [-0.4, -0.2) is 53.3 Å². The highest BCUT2D eigenvalue weighted by atomic mass is 16.5. The van der Waals surface area contributed by atoms with E-state index < -0.39 is 0 Å². The number of rotatable bonds is 10. The molecule has 0 aliphatic heterocycles. The van der Waals surface area contributed by atoms with E-state index >= 15 is 0 Å². The van der Waals surface area contributed by atoms with Gasteiger partial charge < -0.3 is 20.3 Å². The van der Waals surface area contributed by atoms with E-state index in [1.54, 1.807) is 0 Å². The van der Waals surface area contributed by atoms with E-state index in [0.717, 1.165) is 30.3 Å². The molecule has 0 aliphatic rings. The molecular formula is C23H36N6O2. The largest absolute Gasteiger partial charge is 0.484 e. The molecule has 2 N–H and O–H groups in total. The van der Waals surface area contributed by atoms with E-state index in [4.69, 9.17) is 9.73 Å².